The number of carbonyl (C=O) groups is 2. The van der Waals surface area contributed by atoms with Crippen LogP contribution < -0.4 is 5.32 Å². The van der Waals surface area contributed by atoms with E-state index in [9.17, 15) is 9.59 Å². The average molecular weight is 251 g/mol. The molecule has 98 valence electrons. The summed E-state index contributed by atoms with van der Waals surface area (Å²) >= 11 is 0. The van der Waals surface area contributed by atoms with E-state index in [-0.39, 0.29) is 5.91 Å². The number of carboxylic acid groups (broad SMARTS) is 1. The first-order valence-electron chi connectivity index (χ1n) is 6.11. The van der Waals surface area contributed by atoms with E-state index in [1.54, 1.807) is 24.0 Å². The smallest absolute Gasteiger partial charge is 0.307 e. The van der Waals surface area contributed by atoms with Crippen molar-refractivity contribution in [3.05, 3.63) is 12.3 Å². The van der Waals surface area contributed by atoms with Gasteiger partial charge in [0.1, 0.15) is 0 Å². The molecule has 1 aliphatic rings. The Kier molecular flexibility index (Phi) is 3.64. The maximum atomic E-state index is 12.1. The van der Waals surface area contributed by atoms with Crippen molar-refractivity contribution in [2.24, 2.45) is 18.9 Å². The Morgan fingerprint density at radius 2 is 2.06 bits per heavy atom. The monoisotopic (exact) mass is 251 g/mol. The largest absolute Gasteiger partial charge is 0.481 e. The Hall–Kier alpha value is -1.85. The van der Waals surface area contributed by atoms with Crippen LogP contribution in [0.3, 0.4) is 0 Å². The molecule has 0 spiro atoms. The van der Waals surface area contributed by atoms with Gasteiger partial charge in [-0.05, 0) is 12.8 Å². The van der Waals surface area contributed by atoms with Crippen LogP contribution in [0.2, 0.25) is 0 Å². The third-order valence-electron chi connectivity index (χ3n) is 3.38. The zero-order chi connectivity index (χ0) is 13.1. The van der Waals surface area contributed by atoms with Gasteiger partial charge in [0.15, 0.2) is 5.82 Å². The molecule has 1 aliphatic carbocycles. The van der Waals surface area contributed by atoms with Gasteiger partial charge < -0.3 is 10.4 Å². The highest BCUT2D eigenvalue weighted by Crippen LogP contribution is 2.31. The summed E-state index contributed by atoms with van der Waals surface area (Å²) in [4.78, 5) is 23.2. The summed E-state index contributed by atoms with van der Waals surface area (Å²) in [5.74, 6) is -1.66. The fraction of sp³-hybridized carbons (Fsp3) is 0.583. The van der Waals surface area contributed by atoms with Gasteiger partial charge >= 0.3 is 5.97 Å². The SMILES string of the molecule is Cn1ccc(NC(=O)[C@H]2CCCC[C@H]2C(=O)O)n1. The molecular weight excluding hydrogens is 234 g/mol. The van der Waals surface area contributed by atoms with Crippen molar-refractivity contribution in [1.29, 1.82) is 0 Å². The molecule has 1 aromatic heterocycles. The van der Waals surface area contributed by atoms with Gasteiger partial charge in [0.05, 0.1) is 11.8 Å². The maximum Gasteiger partial charge on any atom is 0.307 e. The number of aryl methyl sites for hydroxylation is 1. The van der Waals surface area contributed by atoms with Crippen LogP contribution in [0.5, 0.6) is 0 Å². The number of aliphatic carboxylic acids is 1. The molecule has 1 fully saturated rings. The van der Waals surface area contributed by atoms with Gasteiger partial charge in [-0.2, -0.15) is 5.10 Å². The number of carbonyl (C=O) groups excluding carboxylic acids is 1. The molecule has 1 saturated carbocycles. The summed E-state index contributed by atoms with van der Waals surface area (Å²) in [5.41, 5.74) is 0. The van der Waals surface area contributed by atoms with Crippen LogP contribution in [-0.4, -0.2) is 26.8 Å². The number of amides is 1. The van der Waals surface area contributed by atoms with E-state index in [0.29, 0.717) is 18.7 Å². The molecule has 1 heterocycles. The van der Waals surface area contributed by atoms with Gasteiger partial charge in [0.2, 0.25) is 5.91 Å². The first kappa shape index (κ1) is 12.6. The lowest BCUT2D eigenvalue weighted by molar-refractivity contribution is -0.147. The molecule has 0 radical (unpaired) electrons. The molecule has 6 heteroatoms. The zero-order valence-corrected chi connectivity index (χ0v) is 10.3. The average Bonchev–Trinajstić information content (AvgIpc) is 2.74. The fourth-order valence-corrected chi connectivity index (χ4v) is 2.44. The second-order valence-corrected chi connectivity index (χ2v) is 4.70. The molecule has 2 rings (SSSR count). The summed E-state index contributed by atoms with van der Waals surface area (Å²) in [7, 11) is 1.76. The van der Waals surface area contributed by atoms with Crippen LogP contribution in [0.4, 0.5) is 5.82 Å². The number of anilines is 1. The maximum absolute atomic E-state index is 12.1. The van der Waals surface area contributed by atoms with Crippen molar-refractivity contribution < 1.29 is 14.7 Å². The van der Waals surface area contributed by atoms with Crippen LogP contribution in [0.15, 0.2) is 12.3 Å². The van der Waals surface area contributed by atoms with Gasteiger partial charge in [-0.15, -0.1) is 0 Å². The topological polar surface area (TPSA) is 84.2 Å². The molecule has 1 aromatic rings. The summed E-state index contributed by atoms with van der Waals surface area (Å²) in [6.07, 6.45) is 4.73. The van der Waals surface area contributed by atoms with E-state index >= 15 is 0 Å². The lowest BCUT2D eigenvalue weighted by Gasteiger charge is -2.27. The summed E-state index contributed by atoms with van der Waals surface area (Å²) in [6.45, 7) is 0. The van der Waals surface area contributed by atoms with Gasteiger partial charge in [-0.3, -0.25) is 14.3 Å². The normalized spacial score (nSPS) is 23.6. The molecule has 0 bridgehead atoms. The minimum atomic E-state index is -0.879. The van der Waals surface area contributed by atoms with Crippen LogP contribution in [0.1, 0.15) is 25.7 Å². The van der Waals surface area contributed by atoms with E-state index in [4.69, 9.17) is 5.11 Å². The minimum absolute atomic E-state index is 0.235. The molecule has 6 nitrogen and oxygen atoms in total. The van der Waals surface area contributed by atoms with Gasteiger partial charge in [0.25, 0.3) is 0 Å². The summed E-state index contributed by atoms with van der Waals surface area (Å²) in [5, 5.41) is 15.9. The van der Waals surface area contributed by atoms with Crippen molar-refractivity contribution in [3.8, 4) is 0 Å². The second-order valence-electron chi connectivity index (χ2n) is 4.70. The Balaban J connectivity index is 2.04. The summed E-state index contributed by atoms with van der Waals surface area (Å²) in [6, 6.07) is 1.69. The predicted molar refractivity (Wildman–Crippen MR) is 64.9 cm³/mol. The third kappa shape index (κ3) is 2.69. The van der Waals surface area contributed by atoms with Gasteiger partial charge in [-0.1, -0.05) is 12.8 Å². The van der Waals surface area contributed by atoms with E-state index in [0.717, 1.165) is 12.8 Å². The molecular formula is C12H17N3O3. The molecule has 0 aliphatic heterocycles. The lowest BCUT2D eigenvalue weighted by Crippen LogP contribution is -2.36. The number of hydrogen-bond donors (Lipinski definition) is 2. The highest BCUT2D eigenvalue weighted by molar-refractivity contribution is 5.94. The lowest BCUT2D eigenvalue weighted by atomic mass is 9.79. The Labute approximate surface area is 105 Å². The van der Waals surface area contributed by atoms with Crippen LogP contribution in [0, 0.1) is 11.8 Å². The molecule has 1 amide bonds. The third-order valence-corrected chi connectivity index (χ3v) is 3.38. The first-order valence-corrected chi connectivity index (χ1v) is 6.11. The molecule has 0 unspecified atom stereocenters. The first-order chi connectivity index (χ1) is 8.58. The van der Waals surface area contributed by atoms with E-state index in [1.807, 2.05) is 0 Å². The quantitative estimate of drug-likeness (QED) is 0.846. The van der Waals surface area contributed by atoms with E-state index < -0.39 is 17.8 Å². The van der Waals surface area contributed by atoms with Crippen molar-refractivity contribution in [3.63, 3.8) is 0 Å². The Morgan fingerprint density at radius 1 is 1.39 bits per heavy atom. The van der Waals surface area contributed by atoms with Gasteiger partial charge in [0, 0.05) is 19.3 Å². The minimum Gasteiger partial charge on any atom is -0.481 e. The van der Waals surface area contributed by atoms with E-state index in [2.05, 4.69) is 10.4 Å². The molecule has 0 aromatic carbocycles. The molecule has 2 atom stereocenters. The zero-order valence-electron chi connectivity index (χ0n) is 10.3. The van der Waals surface area contributed by atoms with Crippen molar-refractivity contribution in [2.45, 2.75) is 25.7 Å². The highest BCUT2D eigenvalue weighted by atomic mass is 16.4. The summed E-state index contributed by atoms with van der Waals surface area (Å²) < 4.78 is 1.59. The molecule has 18 heavy (non-hydrogen) atoms. The standard InChI is InChI=1S/C12H17N3O3/c1-15-7-6-10(14-15)13-11(16)8-4-2-3-5-9(8)12(17)18/h6-9H,2-5H2,1H3,(H,17,18)(H,13,14,16)/t8-,9+/m0/s1. The Morgan fingerprint density at radius 3 is 2.61 bits per heavy atom. The van der Waals surface area contributed by atoms with Crippen LogP contribution in [0.25, 0.3) is 0 Å². The number of hydrogen-bond acceptors (Lipinski definition) is 3. The van der Waals surface area contributed by atoms with Gasteiger partial charge in [-0.25, -0.2) is 0 Å². The predicted octanol–water partition coefficient (Wildman–Crippen LogP) is 1.25. The second kappa shape index (κ2) is 5.20. The molecule has 0 saturated heterocycles. The van der Waals surface area contributed by atoms with Crippen molar-refractivity contribution >= 4 is 17.7 Å². The fourth-order valence-electron chi connectivity index (χ4n) is 2.44. The van der Waals surface area contributed by atoms with Crippen LogP contribution in [-0.2, 0) is 16.6 Å². The van der Waals surface area contributed by atoms with Crippen molar-refractivity contribution in [2.75, 3.05) is 5.32 Å². The molecule has 2 N–H and O–H groups in total. The highest BCUT2D eigenvalue weighted by Gasteiger charge is 2.35. The van der Waals surface area contributed by atoms with E-state index in [1.165, 1.54) is 0 Å². The number of rotatable bonds is 3. The number of carboxylic acids is 1. The number of nitrogens with zero attached hydrogens (tertiary/aromatic N) is 2. The van der Waals surface area contributed by atoms with Crippen LogP contribution >= 0.6 is 0 Å². The number of aromatic nitrogens is 2. The van der Waals surface area contributed by atoms with Crippen molar-refractivity contribution in [1.82, 2.24) is 9.78 Å². The number of nitrogens with one attached hydrogen (secondary N) is 1. The Bertz CT molecular complexity index is 455.